The van der Waals surface area contributed by atoms with E-state index in [1.54, 1.807) is 30.3 Å². The zero-order valence-corrected chi connectivity index (χ0v) is 15.7. The molecule has 142 valence electrons. The lowest BCUT2D eigenvalue weighted by atomic mass is 10.1. The van der Waals surface area contributed by atoms with Gasteiger partial charge in [0, 0.05) is 37.8 Å². The predicted molar refractivity (Wildman–Crippen MR) is 102 cm³/mol. The van der Waals surface area contributed by atoms with E-state index < -0.39 is 0 Å². The Labute approximate surface area is 155 Å². The minimum Gasteiger partial charge on any atom is -0.490 e. The van der Waals surface area contributed by atoms with E-state index in [0.717, 1.165) is 12.2 Å². The van der Waals surface area contributed by atoms with Gasteiger partial charge in [0.25, 0.3) is 5.91 Å². The number of piperazine rings is 1. The van der Waals surface area contributed by atoms with E-state index in [9.17, 15) is 9.59 Å². The Morgan fingerprint density at radius 3 is 2.46 bits per heavy atom. The summed E-state index contributed by atoms with van der Waals surface area (Å²) in [7, 11) is 0. The number of hydrogen-bond donors (Lipinski definition) is 1. The van der Waals surface area contributed by atoms with E-state index in [0.29, 0.717) is 44.9 Å². The van der Waals surface area contributed by atoms with Crippen LogP contribution in [0.2, 0.25) is 0 Å². The fraction of sp³-hybridized carbons (Fsp3) is 0.500. The van der Waals surface area contributed by atoms with Gasteiger partial charge in [0.15, 0.2) is 0 Å². The summed E-state index contributed by atoms with van der Waals surface area (Å²) in [4.78, 5) is 28.5. The maximum Gasteiger partial charge on any atom is 0.253 e. The maximum atomic E-state index is 12.6. The summed E-state index contributed by atoms with van der Waals surface area (Å²) in [5.74, 6) is 0.789. The molecule has 2 rings (SSSR count). The van der Waals surface area contributed by atoms with Crippen LogP contribution in [0.3, 0.4) is 0 Å². The van der Waals surface area contributed by atoms with E-state index in [4.69, 9.17) is 4.74 Å². The van der Waals surface area contributed by atoms with Crippen molar-refractivity contribution in [2.75, 3.05) is 39.3 Å². The summed E-state index contributed by atoms with van der Waals surface area (Å²) < 4.78 is 5.43. The molecule has 0 bridgehead atoms. The molecule has 1 unspecified atom stereocenters. The van der Waals surface area contributed by atoms with Crippen LogP contribution in [0.4, 0.5) is 0 Å². The molecule has 0 aromatic heterocycles. The Hall–Kier alpha value is -2.34. The molecule has 1 aliphatic heterocycles. The van der Waals surface area contributed by atoms with E-state index >= 15 is 0 Å². The number of benzene rings is 1. The van der Waals surface area contributed by atoms with Gasteiger partial charge in [0.2, 0.25) is 5.91 Å². The maximum absolute atomic E-state index is 12.6. The zero-order valence-electron chi connectivity index (χ0n) is 15.7. The molecule has 1 N–H and O–H groups in total. The molecule has 1 fully saturated rings. The largest absolute Gasteiger partial charge is 0.490 e. The van der Waals surface area contributed by atoms with Crippen molar-refractivity contribution in [3.8, 4) is 5.75 Å². The molecule has 2 amide bonds. The number of rotatable bonds is 8. The minimum absolute atomic E-state index is 0.0176. The third-order valence-corrected chi connectivity index (χ3v) is 4.52. The second kappa shape index (κ2) is 9.97. The molecule has 1 atom stereocenters. The average Bonchev–Trinajstić information content (AvgIpc) is 2.66. The van der Waals surface area contributed by atoms with Crippen LogP contribution in [-0.2, 0) is 4.79 Å². The first kappa shape index (κ1) is 20.0. The summed E-state index contributed by atoms with van der Waals surface area (Å²) in [6.45, 7) is 11.2. The predicted octanol–water partition coefficient (Wildman–Crippen LogP) is 1.92. The van der Waals surface area contributed by atoms with Gasteiger partial charge in [-0.1, -0.05) is 19.6 Å². The van der Waals surface area contributed by atoms with Crippen molar-refractivity contribution < 1.29 is 14.3 Å². The van der Waals surface area contributed by atoms with Gasteiger partial charge < -0.3 is 15.0 Å². The van der Waals surface area contributed by atoms with Crippen molar-refractivity contribution in [3.63, 3.8) is 0 Å². The molecule has 1 saturated heterocycles. The standard InChI is InChI=1S/C20H29N3O3/c1-4-14-26-18-8-6-17(7-9-18)20(25)23-12-10-22(11-13-23)15-19(24)21-16(3)5-2/h4,6-9,16H,1,5,10-15H2,2-3H3,(H,21,24). The first-order valence-electron chi connectivity index (χ1n) is 9.18. The average molecular weight is 359 g/mol. The number of nitrogens with zero attached hydrogens (tertiary/aromatic N) is 2. The second-order valence-corrected chi connectivity index (χ2v) is 6.57. The van der Waals surface area contributed by atoms with Crippen LogP contribution >= 0.6 is 0 Å². The molecule has 0 aliphatic carbocycles. The van der Waals surface area contributed by atoms with Crippen LogP contribution < -0.4 is 10.1 Å². The van der Waals surface area contributed by atoms with Gasteiger partial charge in [-0.15, -0.1) is 0 Å². The van der Waals surface area contributed by atoms with Gasteiger partial charge in [-0.25, -0.2) is 0 Å². The molecule has 0 spiro atoms. The normalized spacial score (nSPS) is 16.0. The Bertz CT molecular complexity index is 607. The van der Waals surface area contributed by atoms with Gasteiger partial charge >= 0.3 is 0 Å². The molecule has 6 heteroatoms. The lowest BCUT2D eigenvalue weighted by Gasteiger charge is -2.34. The number of amides is 2. The quantitative estimate of drug-likeness (QED) is 0.721. The number of carbonyl (C=O) groups excluding carboxylic acids is 2. The summed E-state index contributed by atoms with van der Waals surface area (Å²) in [6, 6.07) is 7.36. The van der Waals surface area contributed by atoms with Crippen LogP contribution in [0.25, 0.3) is 0 Å². The SMILES string of the molecule is C=CCOc1ccc(C(=O)N2CCN(CC(=O)NC(C)CC)CC2)cc1. The monoisotopic (exact) mass is 359 g/mol. The highest BCUT2D eigenvalue weighted by atomic mass is 16.5. The second-order valence-electron chi connectivity index (χ2n) is 6.57. The highest BCUT2D eigenvalue weighted by molar-refractivity contribution is 5.94. The third kappa shape index (κ3) is 5.88. The van der Waals surface area contributed by atoms with Crippen molar-refractivity contribution in [1.29, 1.82) is 0 Å². The lowest BCUT2D eigenvalue weighted by Crippen LogP contribution is -2.51. The number of ether oxygens (including phenoxy) is 1. The smallest absolute Gasteiger partial charge is 0.253 e. The fourth-order valence-electron chi connectivity index (χ4n) is 2.77. The van der Waals surface area contributed by atoms with E-state index in [2.05, 4.69) is 16.8 Å². The van der Waals surface area contributed by atoms with Crippen molar-refractivity contribution >= 4 is 11.8 Å². The first-order valence-corrected chi connectivity index (χ1v) is 9.18. The van der Waals surface area contributed by atoms with Crippen molar-refractivity contribution in [2.45, 2.75) is 26.3 Å². The molecule has 6 nitrogen and oxygen atoms in total. The van der Waals surface area contributed by atoms with Crippen molar-refractivity contribution in [3.05, 3.63) is 42.5 Å². The molecule has 1 aliphatic rings. The number of nitrogens with one attached hydrogen (secondary N) is 1. The number of carbonyl (C=O) groups is 2. The molecule has 1 aromatic rings. The summed E-state index contributed by atoms with van der Waals surface area (Å²) in [6.07, 6.45) is 2.60. The highest BCUT2D eigenvalue weighted by Crippen LogP contribution is 2.15. The zero-order chi connectivity index (χ0) is 18.9. The Morgan fingerprint density at radius 2 is 1.88 bits per heavy atom. The van der Waals surface area contributed by atoms with Crippen LogP contribution in [-0.4, -0.2) is 67.0 Å². The number of hydrogen-bond acceptors (Lipinski definition) is 4. The Kier molecular flexibility index (Phi) is 7.66. The van der Waals surface area contributed by atoms with E-state index in [1.165, 1.54) is 0 Å². The topological polar surface area (TPSA) is 61.9 Å². The molecule has 1 heterocycles. The van der Waals surface area contributed by atoms with Crippen LogP contribution in [0.5, 0.6) is 5.75 Å². The Balaban J connectivity index is 1.80. The van der Waals surface area contributed by atoms with Crippen molar-refractivity contribution in [2.24, 2.45) is 0 Å². The van der Waals surface area contributed by atoms with Crippen LogP contribution in [0.15, 0.2) is 36.9 Å². The lowest BCUT2D eigenvalue weighted by molar-refractivity contribution is -0.123. The van der Waals surface area contributed by atoms with Crippen LogP contribution in [0.1, 0.15) is 30.6 Å². The highest BCUT2D eigenvalue weighted by Gasteiger charge is 2.23. The van der Waals surface area contributed by atoms with E-state index in [1.807, 2.05) is 18.7 Å². The first-order chi connectivity index (χ1) is 12.5. The molecule has 26 heavy (non-hydrogen) atoms. The fourth-order valence-corrected chi connectivity index (χ4v) is 2.77. The van der Waals surface area contributed by atoms with E-state index in [-0.39, 0.29) is 17.9 Å². The minimum atomic E-state index is 0.0176. The third-order valence-electron chi connectivity index (χ3n) is 4.52. The summed E-state index contributed by atoms with van der Waals surface area (Å²) in [5, 5.41) is 2.98. The molecular weight excluding hydrogens is 330 g/mol. The molecular formula is C20H29N3O3. The summed E-state index contributed by atoms with van der Waals surface area (Å²) in [5.41, 5.74) is 0.652. The summed E-state index contributed by atoms with van der Waals surface area (Å²) >= 11 is 0. The molecule has 1 aromatic carbocycles. The van der Waals surface area contributed by atoms with Gasteiger partial charge in [-0.05, 0) is 37.6 Å². The van der Waals surface area contributed by atoms with Crippen molar-refractivity contribution in [1.82, 2.24) is 15.1 Å². The van der Waals surface area contributed by atoms with Gasteiger partial charge in [0.1, 0.15) is 12.4 Å². The molecule has 0 saturated carbocycles. The van der Waals surface area contributed by atoms with Gasteiger partial charge in [0.05, 0.1) is 6.54 Å². The van der Waals surface area contributed by atoms with Gasteiger partial charge in [-0.3, -0.25) is 14.5 Å². The Morgan fingerprint density at radius 1 is 1.23 bits per heavy atom. The van der Waals surface area contributed by atoms with Crippen LogP contribution in [0, 0.1) is 0 Å². The van der Waals surface area contributed by atoms with Gasteiger partial charge in [-0.2, -0.15) is 0 Å². The molecule has 0 radical (unpaired) electrons.